The molecule has 5 nitrogen and oxygen atoms in total. The van der Waals surface area contributed by atoms with Crippen LogP contribution in [0.2, 0.25) is 0 Å². The lowest BCUT2D eigenvalue weighted by atomic mass is 10.3. The van der Waals surface area contributed by atoms with Crippen molar-refractivity contribution in [3.05, 3.63) is 28.6 Å². The normalized spacial score (nSPS) is 10.4. The number of thiophene rings is 1. The van der Waals surface area contributed by atoms with Gasteiger partial charge in [0.05, 0.1) is 17.0 Å². The van der Waals surface area contributed by atoms with Crippen molar-refractivity contribution in [2.75, 3.05) is 6.54 Å². The molecule has 0 fully saturated rings. The number of carboxylic acid groups (broad SMARTS) is 1. The number of thiazole rings is 1. The second-order valence-electron chi connectivity index (χ2n) is 4.15. The highest BCUT2D eigenvalue weighted by molar-refractivity contribution is 7.20. The van der Waals surface area contributed by atoms with Gasteiger partial charge in [-0.3, -0.25) is 9.59 Å². The minimum Gasteiger partial charge on any atom is -0.481 e. The van der Waals surface area contributed by atoms with Crippen molar-refractivity contribution < 1.29 is 14.7 Å². The van der Waals surface area contributed by atoms with Crippen LogP contribution in [0, 0.1) is 0 Å². The summed E-state index contributed by atoms with van der Waals surface area (Å²) < 4.78 is 0. The monoisotopic (exact) mass is 310 g/mol. The van der Waals surface area contributed by atoms with E-state index in [-0.39, 0.29) is 18.7 Å². The lowest BCUT2D eigenvalue weighted by Crippen LogP contribution is -2.26. The van der Waals surface area contributed by atoms with Gasteiger partial charge in [0.25, 0.3) is 0 Å². The predicted molar refractivity (Wildman–Crippen MR) is 79.0 cm³/mol. The number of aliphatic carboxylic acids is 1. The fourth-order valence-corrected chi connectivity index (χ4v) is 3.23. The largest absolute Gasteiger partial charge is 0.481 e. The number of carbonyl (C=O) groups is 2. The van der Waals surface area contributed by atoms with Gasteiger partial charge in [-0.05, 0) is 17.9 Å². The molecule has 2 aromatic rings. The third-order valence-electron chi connectivity index (χ3n) is 2.51. The van der Waals surface area contributed by atoms with Crippen molar-refractivity contribution >= 4 is 34.6 Å². The van der Waals surface area contributed by atoms with Crippen LogP contribution in [0.25, 0.3) is 9.88 Å². The maximum atomic E-state index is 11.7. The van der Waals surface area contributed by atoms with Crippen LogP contribution in [0.1, 0.15) is 18.5 Å². The molecule has 7 heteroatoms. The van der Waals surface area contributed by atoms with E-state index < -0.39 is 5.97 Å². The van der Waals surface area contributed by atoms with Crippen molar-refractivity contribution in [1.82, 2.24) is 10.3 Å². The van der Waals surface area contributed by atoms with Gasteiger partial charge in [-0.1, -0.05) is 6.07 Å². The Kier molecular flexibility index (Phi) is 5.25. The number of hydrogen-bond acceptors (Lipinski definition) is 5. The second kappa shape index (κ2) is 7.16. The molecule has 0 saturated carbocycles. The molecule has 0 radical (unpaired) electrons. The molecule has 2 heterocycles. The lowest BCUT2D eigenvalue weighted by molar-refractivity contribution is -0.137. The summed E-state index contributed by atoms with van der Waals surface area (Å²) in [5.41, 5.74) is 0.745. The molecule has 106 valence electrons. The van der Waals surface area contributed by atoms with Gasteiger partial charge in [-0.25, -0.2) is 4.98 Å². The minimum absolute atomic E-state index is 0.0690. The van der Waals surface area contributed by atoms with Gasteiger partial charge in [0.15, 0.2) is 0 Å². The topological polar surface area (TPSA) is 79.3 Å². The van der Waals surface area contributed by atoms with E-state index in [1.165, 1.54) is 11.3 Å². The number of hydrogen-bond donors (Lipinski definition) is 2. The van der Waals surface area contributed by atoms with Crippen LogP contribution in [0.3, 0.4) is 0 Å². The molecule has 20 heavy (non-hydrogen) atoms. The fraction of sp³-hybridized carbons (Fsp3) is 0.308. The quantitative estimate of drug-likeness (QED) is 0.770. The van der Waals surface area contributed by atoms with Crippen molar-refractivity contribution in [3.8, 4) is 9.88 Å². The van der Waals surface area contributed by atoms with Gasteiger partial charge in [-0.2, -0.15) is 0 Å². The van der Waals surface area contributed by atoms with Gasteiger partial charge in [0, 0.05) is 18.3 Å². The summed E-state index contributed by atoms with van der Waals surface area (Å²) in [4.78, 5) is 27.5. The third kappa shape index (κ3) is 4.43. The summed E-state index contributed by atoms with van der Waals surface area (Å²) in [7, 11) is 0. The maximum Gasteiger partial charge on any atom is 0.303 e. The van der Waals surface area contributed by atoms with Crippen molar-refractivity contribution in [1.29, 1.82) is 0 Å². The van der Waals surface area contributed by atoms with E-state index in [0.717, 1.165) is 15.6 Å². The summed E-state index contributed by atoms with van der Waals surface area (Å²) in [6, 6.07) is 3.97. The molecule has 0 aliphatic carbocycles. The van der Waals surface area contributed by atoms with Gasteiger partial charge < -0.3 is 10.4 Å². The zero-order valence-corrected chi connectivity index (χ0v) is 12.3. The van der Waals surface area contributed by atoms with Crippen molar-refractivity contribution in [2.45, 2.75) is 19.3 Å². The van der Waals surface area contributed by atoms with Gasteiger partial charge in [-0.15, -0.1) is 22.7 Å². The first-order valence-electron chi connectivity index (χ1n) is 6.12. The molecular weight excluding hydrogens is 296 g/mol. The summed E-state index contributed by atoms with van der Waals surface area (Å²) in [6.45, 7) is 0.382. The summed E-state index contributed by atoms with van der Waals surface area (Å²) in [6.07, 6.45) is 0.743. The van der Waals surface area contributed by atoms with Gasteiger partial charge in [0.1, 0.15) is 5.01 Å². The Bertz CT molecular complexity index is 578. The average molecular weight is 310 g/mol. The Morgan fingerprint density at radius 2 is 2.20 bits per heavy atom. The first-order chi connectivity index (χ1) is 9.65. The molecule has 0 aliphatic rings. The van der Waals surface area contributed by atoms with Crippen LogP contribution in [0.5, 0.6) is 0 Å². The number of rotatable bonds is 7. The van der Waals surface area contributed by atoms with Crippen LogP contribution >= 0.6 is 22.7 Å². The lowest BCUT2D eigenvalue weighted by Gasteiger charge is -2.02. The summed E-state index contributed by atoms with van der Waals surface area (Å²) in [5, 5.41) is 16.0. The van der Waals surface area contributed by atoms with Crippen LogP contribution in [0.15, 0.2) is 22.9 Å². The predicted octanol–water partition coefficient (Wildman–Crippen LogP) is 2.40. The molecule has 0 saturated heterocycles. The molecule has 0 atom stereocenters. The molecule has 0 aliphatic heterocycles. The molecular formula is C13H14N2O3S2. The second-order valence-corrected chi connectivity index (χ2v) is 5.95. The van der Waals surface area contributed by atoms with E-state index in [0.29, 0.717) is 13.0 Å². The molecule has 0 bridgehead atoms. The van der Waals surface area contributed by atoms with Crippen LogP contribution in [0.4, 0.5) is 0 Å². The number of nitrogens with one attached hydrogen (secondary N) is 1. The summed E-state index contributed by atoms with van der Waals surface area (Å²) >= 11 is 3.14. The molecule has 2 rings (SSSR count). The first-order valence-corrected chi connectivity index (χ1v) is 7.88. The molecule has 0 aromatic carbocycles. The Labute approximate surface area is 124 Å². The minimum atomic E-state index is -0.848. The Morgan fingerprint density at radius 3 is 2.90 bits per heavy atom. The van der Waals surface area contributed by atoms with Crippen LogP contribution < -0.4 is 5.32 Å². The van der Waals surface area contributed by atoms with Crippen LogP contribution in [-0.2, 0) is 16.0 Å². The Hall–Kier alpha value is -1.73. The SMILES string of the molecule is O=C(O)CCCNC(=O)Cc1csc(-c2cccs2)n1. The first kappa shape index (κ1) is 14.7. The molecule has 2 N–H and O–H groups in total. The summed E-state index contributed by atoms with van der Waals surface area (Å²) in [5.74, 6) is -0.974. The van der Waals surface area contributed by atoms with Gasteiger partial charge in [0.2, 0.25) is 5.91 Å². The third-order valence-corrected chi connectivity index (χ3v) is 4.45. The number of amides is 1. The Balaban J connectivity index is 1.78. The molecule has 0 unspecified atom stereocenters. The molecule has 2 aromatic heterocycles. The Morgan fingerprint density at radius 1 is 1.35 bits per heavy atom. The average Bonchev–Trinajstić information content (AvgIpc) is 3.04. The number of nitrogens with zero attached hydrogens (tertiary/aromatic N) is 1. The standard InChI is InChI=1S/C13H14N2O3S2/c16-11(14-5-1-4-12(17)18)7-9-8-20-13(15-9)10-3-2-6-19-10/h2-3,6,8H,1,4-5,7H2,(H,14,16)(H,17,18). The van der Waals surface area contributed by atoms with Crippen molar-refractivity contribution in [3.63, 3.8) is 0 Å². The van der Waals surface area contributed by atoms with Crippen molar-refractivity contribution in [2.24, 2.45) is 0 Å². The molecule has 0 spiro atoms. The highest BCUT2D eigenvalue weighted by Gasteiger charge is 2.09. The number of carbonyl (C=O) groups excluding carboxylic acids is 1. The number of aromatic nitrogens is 1. The highest BCUT2D eigenvalue weighted by Crippen LogP contribution is 2.27. The van der Waals surface area contributed by atoms with Gasteiger partial charge >= 0.3 is 5.97 Å². The fourth-order valence-electron chi connectivity index (χ4n) is 1.60. The number of carboxylic acids is 1. The maximum absolute atomic E-state index is 11.7. The zero-order valence-electron chi connectivity index (χ0n) is 10.7. The van der Waals surface area contributed by atoms with E-state index >= 15 is 0 Å². The highest BCUT2D eigenvalue weighted by atomic mass is 32.1. The van der Waals surface area contributed by atoms with E-state index in [1.807, 2.05) is 22.9 Å². The van der Waals surface area contributed by atoms with E-state index in [4.69, 9.17) is 5.11 Å². The van der Waals surface area contributed by atoms with E-state index in [2.05, 4.69) is 10.3 Å². The molecule has 1 amide bonds. The van der Waals surface area contributed by atoms with E-state index in [9.17, 15) is 9.59 Å². The van der Waals surface area contributed by atoms with E-state index in [1.54, 1.807) is 11.3 Å². The van der Waals surface area contributed by atoms with Crippen LogP contribution in [-0.4, -0.2) is 28.5 Å². The smallest absolute Gasteiger partial charge is 0.303 e. The zero-order chi connectivity index (χ0) is 14.4.